The minimum atomic E-state index is -0.117. The number of hydrogen-bond donors (Lipinski definition) is 5. The Morgan fingerprint density at radius 2 is 1.33 bits per heavy atom. The molecule has 5 N–H and O–H groups in total. The van der Waals surface area contributed by atoms with E-state index in [0.717, 1.165) is 35.2 Å². The molecule has 0 saturated heterocycles. The van der Waals surface area contributed by atoms with Gasteiger partial charge in [-0.2, -0.15) is 0 Å². The Hall–Kier alpha value is -2.44. The molecule has 6 nitrogen and oxygen atoms in total. The van der Waals surface area contributed by atoms with Crippen molar-refractivity contribution < 1.29 is 24.9 Å². The van der Waals surface area contributed by atoms with Gasteiger partial charge in [0.1, 0.15) is 6.54 Å². The van der Waals surface area contributed by atoms with Crippen molar-refractivity contribution in [2.75, 3.05) is 27.2 Å². The first-order chi connectivity index (χ1) is 11.3. The molecule has 0 aliphatic rings. The Bertz CT molecular complexity index is 701. The van der Waals surface area contributed by atoms with Gasteiger partial charge in [0.15, 0.2) is 23.0 Å². The number of aromatic hydroxyl groups is 4. The van der Waals surface area contributed by atoms with Gasteiger partial charge in [-0.1, -0.05) is 6.07 Å². The lowest BCUT2D eigenvalue weighted by Gasteiger charge is -2.30. The fourth-order valence-corrected chi connectivity index (χ4v) is 2.53. The van der Waals surface area contributed by atoms with Gasteiger partial charge in [0.2, 0.25) is 0 Å². The third-order valence-corrected chi connectivity index (χ3v) is 3.91. The molecular formula is C18H25N2O4+. The number of nitrogens with zero attached hydrogens (tertiary/aromatic N) is 1. The van der Waals surface area contributed by atoms with Crippen molar-refractivity contribution in [2.24, 2.45) is 0 Å². The maximum absolute atomic E-state index is 9.57. The second-order valence-corrected chi connectivity index (χ2v) is 6.64. The van der Waals surface area contributed by atoms with Crippen molar-refractivity contribution in [1.82, 2.24) is 5.32 Å². The number of benzene rings is 2. The average molecular weight is 333 g/mol. The normalized spacial score (nSPS) is 11.6. The summed E-state index contributed by atoms with van der Waals surface area (Å²) in [5.74, 6) is -0.438. The molecule has 0 aliphatic heterocycles. The maximum Gasteiger partial charge on any atom is 0.157 e. The molecular weight excluding hydrogens is 308 g/mol. The van der Waals surface area contributed by atoms with Crippen LogP contribution in [-0.4, -0.2) is 52.1 Å². The lowest BCUT2D eigenvalue weighted by molar-refractivity contribution is -0.902. The summed E-state index contributed by atoms with van der Waals surface area (Å²) < 4.78 is 0.720. The molecule has 0 fully saturated rings. The molecule has 0 bridgehead atoms. The van der Waals surface area contributed by atoms with E-state index in [4.69, 9.17) is 0 Å². The number of phenolic OH excluding ortho intramolecular Hbond substituents is 4. The van der Waals surface area contributed by atoms with E-state index in [0.29, 0.717) is 6.54 Å². The summed E-state index contributed by atoms with van der Waals surface area (Å²) in [6.45, 7) is 2.98. The van der Waals surface area contributed by atoms with E-state index in [2.05, 4.69) is 19.4 Å². The second kappa shape index (κ2) is 7.42. The molecule has 0 spiro atoms. The lowest BCUT2D eigenvalue weighted by atomic mass is 10.1. The topological polar surface area (TPSA) is 93.0 Å². The zero-order valence-corrected chi connectivity index (χ0v) is 14.0. The third-order valence-electron chi connectivity index (χ3n) is 3.91. The molecule has 0 amide bonds. The van der Waals surface area contributed by atoms with Crippen LogP contribution in [0.3, 0.4) is 0 Å². The van der Waals surface area contributed by atoms with Crippen LogP contribution < -0.4 is 5.32 Å². The highest BCUT2D eigenvalue weighted by molar-refractivity contribution is 5.41. The highest BCUT2D eigenvalue weighted by atomic mass is 16.3. The van der Waals surface area contributed by atoms with Crippen LogP contribution in [0, 0.1) is 0 Å². The number of quaternary nitrogens is 1. The molecule has 0 aliphatic carbocycles. The van der Waals surface area contributed by atoms with E-state index >= 15 is 0 Å². The Balaban J connectivity index is 1.81. The van der Waals surface area contributed by atoms with E-state index < -0.39 is 0 Å². The van der Waals surface area contributed by atoms with E-state index in [9.17, 15) is 20.4 Å². The number of likely N-dealkylation sites (N-methyl/N-ethyl adjacent to an activating group) is 1. The maximum atomic E-state index is 9.57. The van der Waals surface area contributed by atoms with Crippen molar-refractivity contribution in [3.05, 3.63) is 47.5 Å². The average Bonchev–Trinajstić information content (AvgIpc) is 2.51. The van der Waals surface area contributed by atoms with Crippen LogP contribution in [0.1, 0.15) is 11.1 Å². The molecule has 130 valence electrons. The van der Waals surface area contributed by atoms with Gasteiger partial charge >= 0.3 is 0 Å². The predicted molar refractivity (Wildman–Crippen MR) is 91.9 cm³/mol. The van der Waals surface area contributed by atoms with E-state index in [1.807, 2.05) is 6.07 Å². The van der Waals surface area contributed by atoms with Gasteiger partial charge in [-0.25, -0.2) is 0 Å². The first kappa shape index (κ1) is 17.9. The van der Waals surface area contributed by atoms with Crippen LogP contribution >= 0.6 is 0 Å². The van der Waals surface area contributed by atoms with Crippen LogP contribution in [-0.2, 0) is 13.1 Å². The van der Waals surface area contributed by atoms with Gasteiger partial charge < -0.3 is 30.2 Å². The molecule has 6 heteroatoms. The second-order valence-electron chi connectivity index (χ2n) is 6.64. The van der Waals surface area contributed by atoms with Crippen LogP contribution in [0.4, 0.5) is 0 Å². The van der Waals surface area contributed by atoms with Crippen LogP contribution in [0.5, 0.6) is 23.0 Å². The molecule has 2 rings (SSSR count). The monoisotopic (exact) mass is 333 g/mol. The molecule has 0 aromatic heterocycles. The third kappa shape index (κ3) is 5.04. The van der Waals surface area contributed by atoms with Crippen molar-refractivity contribution in [1.29, 1.82) is 0 Å². The molecule has 0 radical (unpaired) electrons. The number of rotatable bonds is 7. The van der Waals surface area contributed by atoms with Crippen molar-refractivity contribution in [3.8, 4) is 23.0 Å². The van der Waals surface area contributed by atoms with Crippen LogP contribution in [0.2, 0.25) is 0 Å². The molecule has 2 aromatic rings. The quantitative estimate of drug-likeness (QED) is 0.303. The van der Waals surface area contributed by atoms with Gasteiger partial charge in [-0.3, -0.25) is 0 Å². The molecule has 2 aromatic carbocycles. The highest BCUT2D eigenvalue weighted by Gasteiger charge is 2.16. The van der Waals surface area contributed by atoms with E-state index in [1.165, 1.54) is 12.1 Å². The number of nitrogens with one attached hydrogen (secondary N) is 1. The highest BCUT2D eigenvalue weighted by Crippen LogP contribution is 2.26. The molecule has 0 atom stereocenters. The summed E-state index contributed by atoms with van der Waals surface area (Å²) in [6, 6.07) is 9.68. The Morgan fingerprint density at radius 3 is 1.92 bits per heavy atom. The van der Waals surface area contributed by atoms with Crippen LogP contribution in [0.15, 0.2) is 36.4 Å². The number of phenols is 4. The smallest absolute Gasteiger partial charge is 0.157 e. The van der Waals surface area contributed by atoms with Gasteiger partial charge in [0.25, 0.3) is 0 Å². The molecule has 0 unspecified atom stereocenters. The largest absolute Gasteiger partial charge is 0.504 e. The minimum Gasteiger partial charge on any atom is -0.504 e. The summed E-state index contributed by atoms with van der Waals surface area (Å²) in [5.41, 5.74) is 1.86. The van der Waals surface area contributed by atoms with Crippen LogP contribution in [0.25, 0.3) is 0 Å². The zero-order chi connectivity index (χ0) is 17.7. The molecule has 0 saturated carbocycles. The molecule has 24 heavy (non-hydrogen) atoms. The summed E-state index contributed by atoms with van der Waals surface area (Å²) in [6.07, 6.45) is 0. The summed E-state index contributed by atoms with van der Waals surface area (Å²) in [4.78, 5) is 0. The summed E-state index contributed by atoms with van der Waals surface area (Å²) in [7, 11) is 4.19. The number of hydrogen-bond acceptors (Lipinski definition) is 5. The fraction of sp³-hybridized carbons (Fsp3) is 0.333. The van der Waals surface area contributed by atoms with Crippen molar-refractivity contribution >= 4 is 0 Å². The molecule has 0 heterocycles. The van der Waals surface area contributed by atoms with E-state index in [1.54, 1.807) is 18.2 Å². The first-order valence-corrected chi connectivity index (χ1v) is 7.81. The Kier molecular flexibility index (Phi) is 5.54. The minimum absolute atomic E-state index is 0.0993. The Morgan fingerprint density at radius 1 is 0.792 bits per heavy atom. The lowest BCUT2D eigenvalue weighted by Crippen LogP contribution is -2.43. The predicted octanol–water partition coefficient (Wildman–Crippen LogP) is 1.88. The van der Waals surface area contributed by atoms with E-state index in [-0.39, 0.29) is 23.0 Å². The standard InChI is InChI=1S/C18H24N2O4/c1-20(2,12-14-4-6-16(22)18(24)10-14)8-7-19-11-13-3-5-15(21)17(23)9-13/h3-6,9-10,19H,7-8,11-12H2,1-2H3,(H3-,21,22,23,24)/p+1. The fourth-order valence-electron chi connectivity index (χ4n) is 2.53. The summed E-state index contributed by atoms with van der Waals surface area (Å²) >= 11 is 0. The SMILES string of the molecule is C[N+](C)(CCNCc1ccc(O)c(O)c1)Cc1ccc(O)c(O)c1. The Labute approximate surface area is 141 Å². The van der Waals surface area contributed by atoms with Crippen molar-refractivity contribution in [3.63, 3.8) is 0 Å². The van der Waals surface area contributed by atoms with Gasteiger partial charge in [-0.05, 0) is 35.9 Å². The summed E-state index contributed by atoms with van der Waals surface area (Å²) in [5, 5.41) is 41.0. The van der Waals surface area contributed by atoms with Crippen molar-refractivity contribution in [2.45, 2.75) is 13.1 Å². The zero-order valence-electron chi connectivity index (χ0n) is 14.0. The van der Waals surface area contributed by atoms with Gasteiger partial charge in [0.05, 0.1) is 20.6 Å². The van der Waals surface area contributed by atoms with Gasteiger partial charge in [0, 0.05) is 18.7 Å². The first-order valence-electron chi connectivity index (χ1n) is 7.81. The van der Waals surface area contributed by atoms with Gasteiger partial charge in [-0.15, -0.1) is 0 Å².